The van der Waals surface area contributed by atoms with Gasteiger partial charge in [0.15, 0.2) is 0 Å². The zero-order valence-corrected chi connectivity index (χ0v) is 20.6. The third kappa shape index (κ3) is 5.03. The monoisotopic (exact) mass is 475 g/mol. The molecule has 0 spiro atoms. The summed E-state index contributed by atoms with van der Waals surface area (Å²) in [5, 5.41) is 0. The van der Waals surface area contributed by atoms with Crippen LogP contribution >= 0.6 is 12.6 Å². The Labute approximate surface area is 207 Å². The number of primary amides is 1. The van der Waals surface area contributed by atoms with Crippen LogP contribution < -0.4 is 11.5 Å². The quantitative estimate of drug-likeness (QED) is 0.306. The minimum absolute atomic E-state index is 0.0592. The van der Waals surface area contributed by atoms with Gasteiger partial charge in [0.05, 0.1) is 6.04 Å². The van der Waals surface area contributed by atoms with Gasteiger partial charge in [-0.25, -0.2) is 0 Å². The van der Waals surface area contributed by atoms with Gasteiger partial charge in [-0.1, -0.05) is 105 Å². The molecule has 0 aromatic heterocycles. The molecule has 0 aliphatic heterocycles. The molecule has 178 valence electrons. The van der Waals surface area contributed by atoms with Crippen LogP contribution in [0.15, 0.2) is 91.0 Å². The average Bonchev–Trinajstić information content (AvgIpc) is 2.85. The molecule has 5 nitrogen and oxygen atoms in total. The summed E-state index contributed by atoms with van der Waals surface area (Å²) in [6, 6.07) is 27.3. The van der Waals surface area contributed by atoms with Crippen LogP contribution in [0.3, 0.4) is 0 Å². The Kier molecular flexibility index (Phi) is 8.53. The Morgan fingerprint density at radius 2 is 1.21 bits per heavy atom. The van der Waals surface area contributed by atoms with Gasteiger partial charge in [0.2, 0.25) is 11.8 Å². The maximum absolute atomic E-state index is 14.2. The lowest BCUT2D eigenvalue weighted by Gasteiger charge is -2.49. The summed E-state index contributed by atoms with van der Waals surface area (Å²) < 4.78 is 0. The first-order valence-corrected chi connectivity index (χ1v) is 12.1. The highest BCUT2D eigenvalue weighted by Crippen LogP contribution is 2.44. The van der Waals surface area contributed by atoms with E-state index in [2.05, 4.69) is 12.6 Å². The summed E-state index contributed by atoms with van der Waals surface area (Å²) in [5.74, 6) is -0.720. The minimum atomic E-state index is -1.15. The van der Waals surface area contributed by atoms with Gasteiger partial charge >= 0.3 is 0 Å². The standard InChI is InChI=1S/C28H33N3O2S/c1-20(2)18-24(29)27(33)31(25(19-34)26(30)32)28(21-12-6-3-7-13-21,22-14-8-4-9-15-22)23-16-10-5-11-17-23/h3-17,20,24-25,34H,18-19,29H2,1-2H3,(H2,30,32)/t24?,25-/m1/s1. The van der Waals surface area contributed by atoms with Crippen LogP contribution in [-0.4, -0.2) is 34.6 Å². The fourth-order valence-electron chi connectivity index (χ4n) is 4.59. The van der Waals surface area contributed by atoms with E-state index in [-0.39, 0.29) is 17.6 Å². The van der Waals surface area contributed by atoms with E-state index in [4.69, 9.17) is 11.5 Å². The molecule has 4 N–H and O–H groups in total. The Morgan fingerprint density at radius 1 is 0.824 bits per heavy atom. The molecule has 3 rings (SSSR count). The number of rotatable bonds is 10. The van der Waals surface area contributed by atoms with Crippen molar-refractivity contribution >= 4 is 24.4 Å². The lowest BCUT2D eigenvalue weighted by molar-refractivity contribution is -0.144. The molecule has 0 fully saturated rings. The van der Waals surface area contributed by atoms with Crippen molar-refractivity contribution in [2.75, 3.05) is 5.75 Å². The predicted octanol–water partition coefficient (Wildman–Crippen LogP) is 3.96. The van der Waals surface area contributed by atoms with Crippen molar-refractivity contribution in [3.63, 3.8) is 0 Å². The second-order valence-electron chi connectivity index (χ2n) is 8.85. The number of hydrogen-bond acceptors (Lipinski definition) is 4. The first-order chi connectivity index (χ1) is 16.3. The van der Waals surface area contributed by atoms with Crippen LogP contribution in [0.1, 0.15) is 37.0 Å². The molecule has 2 amide bonds. The summed E-state index contributed by atoms with van der Waals surface area (Å²) in [4.78, 5) is 28.6. The van der Waals surface area contributed by atoms with Gasteiger partial charge < -0.3 is 16.4 Å². The van der Waals surface area contributed by atoms with E-state index in [9.17, 15) is 9.59 Å². The van der Waals surface area contributed by atoms with Crippen LogP contribution in [-0.2, 0) is 15.1 Å². The number of carbonyl (C=O) groups is 2. The van der Waals surface area contributed by atoms with E-state index in [0.29, 0.717) is 6.42 Å². The van der Waals surface area contributed by atoms with Crippen molar-refractivity contribution in [3.8, 4) is 0 Å². The number of amides is 2. The molecule has 0 saturated heterocycles. The van der Waals surface area contributed by atoms with Gasteiger partial charge in [-0.2, -0.15) is 12.6 Å². The van der Waals surface area contributed by atoms with E-state index in [1.807, 2.05) is 105 Å². The molecular weight excluding hydrogens is 442 g/mol. The topological polar surface area (TPSA) is 89.4 Å². The Morgan fingerprint density at radius 3 is 1.50 bits per heavy atom. The molecule has 0 aliphatic rings. The van der Waals surface area contributed by atoms with E-state index in [1.54, 1.807) is 4.90 Å². The second-order valence-corrected chi connectivity index (χ2v) is 9.22. The predicted molar refractivity (Wildman–Crippen MR) is 140 cm³/mol. The van der Waals surface area contributed by atoms with Crippen molar-refractivity contribution in [1.29, 1.82) is 0 Å². The SMILES string of the molecule is CC(C)CC(N)C(=O)N([C@H](CS)C(N)=O)C(c1ccccc1)(c1ccccc1)c1ccccc1. The summed E-state index contributed by atoms with van der Waals surface area (Å²) in [6.07, 6.45) is 0.474. The van der Waals surface area contributed by atoms with Gasteiger partial charge in [-0.15, -0.1) is 0 Å². The number of benzene rings is 3. The molecular formula is C28H33N3O2S. The number of nitrogens with two attached hydrogens (primary N) is 2. The number of hydrogen-bond donors (Lipinski definition) is 3. The van der Waals surface area contributed by atoms with Gasteiger partial charge in [0, 0.05) is 5.75 Å². The number of carbonyl (C=O) groups excluding carboxylic acids is 2. The molecule has 6 heteroatoms. The van der Waals surface area contributed by atoms with Crippen LogP contribution in [0.4, 0.5) is 0 Å². The van der Waals surface area contributed by atoms with Crippen molar-refractivity contribution in [3.05, 3.63) is 108 Å². The molecule has 34 heavy (non-hydrogen) atoms. The van der Waals surface area contributed by atoms with Crippen LogP contribution in [0.25, 0.3) is 0 Å². The first-order valence-electron chi connectivity index (χ1n) is 11.5. The van der Waals surface area contributed by atoms with Crippen molar-refractivity contribution in [1.82, 2.24) is 4.90 Å². The lowest BCUT2D eigenvalue weighted by atomic mass is 9.74. The Balaban J connectivity index is 2.46. The van der Waals surface area contributed by atoms with Crippen LogP contribution in [0.2, 0.25) is 0 Å². The molecule has 3 aromatic carbocycles. The average molecular weight is 476 g/mol. The maximum atomic E-state index is 14.2. The summed E-state index contributed by atoms with van der Waals surface area (Å²) in [6.45, 7) is 4.03. The summed E-state index contributed by atoms with van der Waals surface area (Å²) in [5.41, 5.74) is 13.7. The lowest BCUT2D eigenvalue weighted by Crippen LogP contribution is -2.63. The van der Waals surface area contributed by atoms with Gasteiger partial charge in [0.25, 0.3) is 0 Å². The van der Waals surface area contributed by atoms with Gasteiger partial charge in [-0.3, -0.25) is 9.59 Å². The van der Waals surface area contributed by atoms with E-state index >= 15 is 0 Å². The van der Waals surface area contributed by atoms with Gasteiger partial charge in [0.1, 0.15) is 11.6 Å². The number of thiol groups is 1. The zero-order chi connectivity index (χ0) is 24.7. The molecule has 0 bridgehead atoms. The highest BCUT2D eigenvalue weighted by Gasteiger charge is 2.49. The van der Waals surface area contributed by atoms with E-state index in [1.165, 1.54) is 0 Å². The fourth-order valence-corrected chi connectivity index (χ4v) is 4.94. The fraction of sp³-hybridized carbons (Fsp3) is 0.286. The van der Waals surface area contributed by atoms with E-state index < -0.39 is 23.5 Å². The van der Waals surface area contributed by atoms with E-state index in [0.717, 1.165) is 16.7 Å². The molecule has 0 heterocycles. The smallest absolute Gasteiger partial charge is 0.241 e. The third-order valence-electron chi connectivity index (χ3n) is 6.03. The van der Waals surface area contributed by atoms with Crippen molar-refractivity contribution in [2.45, 2.75) is 37.9 Å². The Bertz CT molecular complexity index is 978. The highest BCUT2D eigenvalue weighted by molar-refractivity contribution is 7.80. The largest absolute Gasteiger partial charge is 0.368 e. The Hall–Kier alpha value is -3.09. The number of nitrogens with zero attached hydrogens (tertiary/aromatic N) is 1. The molecule has 0 aliphatic carbocycles. The molecule has 0 saturated carbocycles. The summed E-state index contributed by atoms with van der Waals surface area (Å²) >= 11 is 4.46. The van der Waals surface area contributed by atoms with Crippen LogP contribution in [0, 0.1) is 5.92 Å². The molecule has 3 aromatic rings. The normalized spacial score (nSPS) is 13.3. The first kappa shape index (κ1) is 25.5. The highest BCUT2D eigenvalue weighted by atomic mass is 32.1. The minimum Gasteiger partial charge on any atom is -0.368 e. The summed E-state index contributed by atoms with van der Waals surface area (Å²) in [7, 11) is 0. The van der Waals surface area contributed by atoms with Crippen molar-refractivity contribution < 1.29 is 9.59 Å². The molecule has 1 unspecified atom stereocenters. The maximum Gasteiger partial charge on any atom is 0.241 e. The zero-order valence-electron chi connectivity index (χ0n) is 19.7. The second kappa shape index (κ2) is 11.4. The van der Waals surface area contributed by atoms with Crippen molar-refractivity contribution in [2.24, 2.45) is 17.4 Å². The van der Waals surface area contributed by atoms with Crippen LogP contribution in [0.5, 0.6) is 0 Å². The molecule has 2 atom stereocenters. The third-order valence-corrected chi connectivity index (χ3v) is 6.37. The molecule has 0 radical (unpaired) electrons. The van der Waals surface area contributed by atoms with Gasteiger partial charge in [-0.05, 0) is 29.0 Å².